The number of carbonyl (C=O) groups excluding carboxylic acids is 1. The molecule has 1 aromatic carbocycles. The molecular weight excluding hydrogens is 370 g/mol. The summed E-state index contributed by atoms with van der Waals surface area (Å²) in [5.74, 6) is 0.372. The van der Waals surface area contributed by atoms with E-state index in [0.717, 1.165) is 21.6 Å². The average Bonchev–Trinajstić information content (AvgIpc) is 3.20. The van der Waals surface area contributed by atoms with Crippen LogP contribution in [0.1, 0.15) is 31.7 Å². The molecule has 134 valence electrons. The summed E-state index contributed by atoms with van der Waals surface area (Å²) in [4.78, 5) is 18.6. The van der Waals surface area contributed by atoms with Gasteiger partial charge in [0.1, 0.15) is 6.04 Å². The van der Waals surface area contributed by atoms with Crippen LogP contribution < -0.4 is 5.32 Å². The quantitative estimate of drug-likeness (QED) is 0.643. The molecule has 0 bridgehead atoms. The highest BCUT2D eigenvalue weighted by atomic mass is 35.5. The first-order valence-corrected chi connectivity index (χ1v) is 9.61. The smallest absolute Gasteiger partial charge is 0.338 e. The Labute approximate surface area is 160 Å². The van der Waals surface area contributed by atoms with Gasteiger partial charge in [-0.3, -0.25) is 4.57 Å². The van der Waals surface area contributed by atoms with Crippen LogP contribution in [0, 0.1) is 0 Å². The van der Waals surface area contributed by atoms with Crippen molar-refractivity contribution in [3.05, 3.63) is 56.9 Å². The molecule has 0 amide bonds. The minimum atomic E-state index is -0.321. The molecule has 1 N–H and O–H groups in total. The number of fused-ring (bicyclic) bond motifs is 3. The van der Waals surface area contributed by atoms with Crippen molar-refractivity contribution in [1.82, 2.24) is 9.55 Å². The fraction of sp³-hybridized carbons (Fsp3) is 0.263. The van der Waals surface area contributed by atoms with Crippen LogP contribution in [0.15, 0.2) is 47.0 Å². The van der Waals surface area contributed by atoms with E-state index in [1.165, 1.54) is 0 Å². The van der Waals surface area contributed by atoms with Gasteiger partial charge in [0.05, 0.1) is 22.7 Å². The zero-order chi connectivity index (χ0) is 18.4. The molecule has 4 rings (SSSR count). The number of allylic oxidation sites excluding steroid dienone is 1. The number of halogens is 1. The van der Waals surface area contributed by atoms with Crippen LogP contribution in [0.5, 0.6) is 0 Å². The van der Waals surface area contributed by atoms with E-state index < -0.39 is 0 Å². The number of hydrogen-bond acceptors (Lipinski definition) is 5. The molecule has 0 radical (unpaired) electrons. The van der Waals surface area contributed by atoms with Crippen LogP contribution in [0.3, 0.4) is 0 Å². The van der Waals surface area contributed by atoms with Gasteiger partial charge in [0.15, 0.2) is 0 Å². The fourth-order valence-corrected chi connectivity index (χ4v) is 4.23. The third kappa shape index (κ3) is 2.79. The number of thiophene rings is 1. The Morgan fingerprint density at radius 2 is 2.19 bits per heavy atom. The van der Waals surface area contributed by atoms with Crippen molar-refractivity contribution in [3.8, 4) is 0 Å². The number of carbonyl (C=O) groups is 1. The van der Waals surface area contributed by atoms with E-state index in [4.69, 9.17) is 16.3 Å². The van der Waals surface area contributed by atoms with Crippen molar-refractivity contribution in [1.29, 1.82) is 0 Å². The summed E-state index contributed by atoms with van der Waals surface area (Å²) in [6.07, 6.45) is -0.192. The summed E-state index contributed by atoms with van der Waals surface area (Å²) in [6.45, 7) is 5.58. The normalized spacial score (nSPS) is 16.7. The van der Waals surface area contributed by atoms with E-state index in [-0.39, 0.29) is 18.1 Å². The van der Waals surface area contributed by atoms with E-state index in [1.807, 2.05) is 61.1 Å². The molecule has 0 spiro atoms. The Bertz CT molecular complexity index is 1020. The number of rotatable bonds is 3. The van der Waals surface area contributed by atoms with Gasteiger partial charge in [-0.25, -0.2) is 9.78 Å². The molecular formula is C19H18ClN3O2S. The third-order valence-electron chi connectivity index (χ3n) is 4.26. The number of hydrogen-bond donors (Lipinski definition) is 1. The summed E-state index contributed by atoms with van der Waals surface area (Å²) in [7, 11) is 0. The number of anilines is 1. The van der Waals surface area contributed by atoms with Crippen LogP contribution in [0.4, 0.5) is 5.95 Å². The van der Waals surface area contributed by atoms with Crippen molar-refractivity contribution in [2.45, 2.75) is 32.9 Å². The lowest BCUT2D eigenvalue weighted by Crippen LogP contribution is -2.29. The van der Waals surface area contributed by atoms with Crippen molar-refractivity contribution in [2.75, 3.05) is 5.32 Å². The largest absolute Gasteiger partial charge is 0.459 e. The highest BCUT2D eigenvalue weighted by Gasteiger charge is 2.35. The summed E-state index contributed by atoms with van der Waals surface area (Å²) >= 11 is 7.82. The van der Waals surface area contributed by atoms with Gasteiger partial charge in [-0.2, -0.15) is 0 Å². The topological polar surface area (TPSA) is 56.2 Å². The number of benzene rings is 1. The van der Waals surface area contributed by atoms with Gasteiger partial charge in [-0.15, -0.1) is 11.3 Å². The summed E-state index contributed by atoms with van der Waals surface area (Å²) in [5, 5.41) is 5.89. The van der Waals surface area contributed by atoms with E-state index in [2.05, 4.69) is 10.3 Å². The van der Waals surface area contributed by atoms with Gasteiger partial charge in [0.2, 0.25) is 5.95 Å². The SMILES string of the molecule is CC1=C(C(=O)OC(C)C)C(c2cccs2)n2c(nc3ccc(Cl)cc32)N1. The van der Waals surface area contributed by atoms with Gasteiger partial charge >= 0.3 is 5.97 Å². The van der Waals surface area contributed by atoms with Crippen LogP contribution in [0.2, 0.25) is 5.02 Å². The van der Waals surface area contributed by atoms with Crippen molar-refractivity contribution >= 4 is 45.9 Å². The molecule has 26 heavy (non-hydrogen) atoms. The third-order valence-corrected chi connectivity index (χ3v) is 5.42. The van der Waals surface area contributed by atoms with Gasteiger partial charge in [0.25, 0.3) is 0 Å². The number of ether oxygens (including phenoxy) is 1. The molecule has 0 saturated carbocycles. The van der Waals surface area contributed by atoms with Gasteiger partial charge in [-0.1, -0.05) is 17.7 Å². The summed E-state index contributed by atoms with van der Waals surface area (Å²) in [6, 6.07) is 9.28. The van der Waals surface area contributed by atoms with Crippen LogP contribution in [-0.4, -0.2) is 21.6 Å². The van der Waals surface area contributed by atoms with Crippen LogP contribution >= 0.6 is 22.9 Å². The Morgan fingerprint density at radius 3 is 2.88 bits per heavy atom. The molecule has 1 aliphatic heterocycles. The molecule has 0 saturated heterocycles. The lowest BCUT2D eigenvalue weighted by atomic mass is 10.0. The molecule has 5 nitrogen and oxygen atoms in total. The molecule has 0 aliphatic carbocycles. The minimum absolute atomic E-state index is 0.192. The van der Waals surface area contributed by atoms with Crippen LogP contribution in [-0.2, 0) is 9.53 Å². The maximum absolute atomic E-state index is 12.9. The second-order valence-electron chi connectivity index (χ2n) is 6.47. The highest BCUT2D eigenvalue weighted by Crippen LogP contribution is 2.41. The average molecular weight is 388 g/mol. The van der Waals surface area contributed by atoms with E-state index in [9.17, 15) is 4.79 Å². The van der Waals surface area contributed by atoms with Crippen molar-refractivity contribution in [3.63, 3.8) is 0 Å². The van der Waals surface area contributed by atoms with E-state index in [1.54, 1.807) is 11.3 Å². The molecule has 2 aromatic heterocycles. The number of esters is 1. The van der Waals surface area contributed by atoms with E-state index >= 15 is 0 Å². The fourth-order valence-electron chi connectivity index (χ4n) is 3.24. The maximum Gasteiger partial charge on any atom is 0.338 e. The number of imidazole rings is 1. The minimum Gasteiger partial charge on any atom is -0.459 e. The maximum atomic E-state index is 12.9. The lowest BCUT2D eigenvalue weighted by Gasteiger charge is -2.29. The number of nitrogens with one attached hydrogen (secondary N) is 1. The first-order chi connectivity index (χ1) is 12.5. The predicted octanol–water partition coefficient (Wildman–Crippen LogP) is 4.99. The standard InChI is InChI=1S/C19H18ClN3O2S/c1-10(2)25-18(24)16-11(3)21-19-22-13-7-6-12(20)9-14(13)23(19)17(16)15-5-4-8-26-15/h4-10,17H,1-3H3,(H,21,22). The summed E-state index contributed by atoms with van der Waals surface area (Å²) < 4.78 is 7.55. The highest BCUT2D eigenvalue weighted by molar-refractivity contribution is 7.10. The molecule has 3 aromatic rings. The number of nitrogens with zero attached hydrogens (tertiary/aromatic N) is 2. The molecule has 3 heterocycles. The molecule has 1 aliphatic rings. The Kier molecular flexibility index (Phi) is 4.25. The van der Waals surface area contributed by atoms with Crippen LogP contribution in [0.25, 0.3) is 11.0 Å². The van der Waals surface area contributed by atoms with E-state index in [0.29, 0.717) is 16.5 Å². The second-order valence-corrected chi connectivity index (χ2v) is 7.89. The summed E-state index contributed by atoms with van der Waals surface area (Å²) in [5.41, 5.74) is 3.04. The monoisotopic (exact) mass is 387 g/mol. The zero-order valence-corrected chi connectivity index (χ0v) is 16.2. The Balaban J connectivity index is 1.95. The zero-order valence-electron chi connectivity index (χ0n) is 14.6. The Hall–Kier alpha value is -2.31. The predicted molar refractivity (Wildman–Crippen MR) is 105 cm³/mol. The molecule has 1 unspecified atom stereocenters. The van der Waals surface area contributed by atoms with Gasteiger partial charge in [0, 0.05) is 15.6 Å². The van der Waals surface area contributed by atoms with Crippen molar-refractivity contribution in [2.24, 2.45) is 0 Å². The second kappa shape index (κ2) is 6.45. The first-order valence-electron chi connectivity index (χ1n) is 8.35. The molecule has 7 heteroatoms. The lowest BCUT2D eigenvalue weighted by molar-refractivity contribution is -0.143. The van der Waals surface area contributed by atoms with Gasteiger partial charge < -0.3 is 10.1 Å². The van der Waals surface area contributed by atoms with Gasteiger partial charge in [-0.05, 0) is 50.4 Å². The number of aromatic nitrogens is 2. The first kappa shape index (κ1) is 17.1. The van der Waals surface area contributed by atoms with Crippen molar-refractivity contribution < 1.29 is 9.53 Å². The molecule has 1 atom stereocenters. The molecule has 0 fully saturated rings. The Morgan fingerprint density at radius 1 is 1.38 bits per heavy atom.